The van der Waals surface area contributed by atoms with Crippen LogP contribution in [0.2, 0.25) is 0 Å². The molecule has 4 rings (SSSR count). The Balaban J connectivity index is 1.47. The maximum atomic E-state index is 12.4. The number of nitrogens with one attached hydrogen (secondary N) is 1. The Bertz CT molecular complexity index is 940. The van der Waals surface area contributed by atoms with Crippen LogP contribution >= 0.6 is 23.5 Å². The van der Waals surface area contributed by atoms with Crippen molar-refractivity contribution < 1.29 is 4.79 Å². The molecule has 1 aliphatic rings. The Kier molecular flexibility index (Phi) is 5.45. The number of hydrogen-bond donors (Lipinski definition) is 1. The Morgan fingerprint density at radius 2 is 1.96 bits per heavy atom. The fourth-order valence-electron chi connectivity index (χ4n) is 2.80. The van der Waals surface area contributed by atoms with E-state index in [9.17, 15) is 4.79 Å². The van der Waals surface area contributed by atoms with Crippen molar-refractivity contribution in [2.45, 2.75) is 28.9 Å². The summed E-state index contributed by atoms with van der Waals surface area (Å²) in [6, 6.07) is 12.1. The smallest absolute Gasteiger partial charge is 0.234 e. The van der Waals surface area contributed by atoms with Crippen LogP contribution in [-0.4, -0.2) is 37.7 Å². The summed E-state index contributed by atoms with van der Waals surface area (Å²) in [7, 11) is 0. The van der Waals surface area contributed by atoms with Gasteiger partial charge in [0, 0.05) is 28.9 Å². The molecular formula is C19H19N5OS2. The number of thioether (sulfide) groups is 2. The first-order chi connectivity index (χ1) is 13.3. The number of carbonyl (C=O) groups excluding carboxylic acids is 1. The molecule has 2 aromatic heterocycles. The summed E-state index contributed by atoms with van der Waals surface area (Å²) in [5.41, 5.74) is 1.84. The quantitative estimate of drug-likeness (QED) is 0.605. The third kappa shape index (κ3) is 4.17. The van der Waals surface area contributed by atoms with E-state index in [1.807, 2.05) is 42.7 Å². The number of carbonyl (C=O) groups is 1. The molecule has 1 fully saturated rings. The summed E-state index contributed by atoms with van der Waals surface area (Å²) in [5, 5.41) is 12.5. The minimum atomic E-state index is -0.0442. The third-order valence-electron chi connectivity index (χ3n) is 4.23. The number of hydrogen-bond acceptors (Lipinski definition) is 6. The van der Waals surface area contributed by atoms with E-state index < -0.39 is 0 Å². The summed E-state index contributed by atoms with van der Waals surface area (Å²) in [6.45, 7) is 0. The van der Waals surface area contributed by atoms with Crippen LogP contribution in [0.15, 0.2) is 58.8 Å². The van der Waals surface area contributed by atoms with Crippen molar-refractivity contribution >= 4 is 35.1 Å². The highest BCUT2D eigenvalue weighted by Crippen LogP contribution is 2.41. The highest BCUT2D eigenvalue weighted by molar-refractivity contribution is 7.99. The van der Waals surface area contributed by atoms with Crippen molar-refractivity contribution in [3.63, 3.8) is 0 Å². The van der Waals surface area contributed by atoms with Crippen LogP contribution in [-0.2, 0) is 4.79 Å². The first kappa shape index (κ1) is 18.1. The Labute approximate surface area is 166 Å². The number of anilines is 1. The molecule has 1 amide bonds. The number of nitrogens with zero attached hydrogens (tertiary/aromatic N) is 4. The molecule has 2 heterocycles. The van der Waals surface area contributed by atoms with E-state index >= 15 is 0 Å². The van der Waals surface area contributed by atoms with Crippen LogP contribution in [0.5, 0.6) is 0 Å². The lowest BCUT2D eigenvalue weighted by Gasteiger charge is -2.10. The molecule has 8 heteroatoms. The van der Waals surface area contributed by atoms with Crippen molar-refractivity contribution in [3.05, 3.63) is 48.8 Å². The van der Waals surface area contributed by atoms with Gasteiger partial charge >= 0.3 is 0 Å². The van der Waals surface area contributed by atoms with Crippen molar-refractivity contribution in [3.8, 4) is 11.4 Å². The van der Waals surface area contributed by atoms with Gasteiger partial charge in [-0.15, -0.1) is 22.0 Å². The zero-order valence-corrected chi connectivity index (χ0v) is 16.5. The molecule has 138 valence electrons. The average molecular weight is 398 g/mol. The van der Waals surface area contributed by atoms with Crippen molar-refractivity contribution in [1.82, 2.24) is 19.7 Å². The Morgan fingerprint density at radius 1 is 1.19 bits per heavy atom. The molecule has 6 nitrogen and oxygen atoms in total. The number of para-hydroxylation sites is 1. The van der Waals surface area contributed by atoms with Crippen molar-refractivity contribution in [1.29, 1.82) is 0 Å². The van der Waals surface area contributed by atoms with Crippen LogP contribution in [0.1, 0.15) is 18.9 Å². The number of benzene rings is 1. The second kappa shape index (κ2) is 8.14. The molecule has 0 saturated heterocycles. The van der Waals surface area contributed by atoms with Gasteiger partial charge in [-0.25, -0.2) is 0 Å². The van der Waals surface area contributed by atoms with Crippen molar-refractivity contribution in [2.24, 2.45) is 0 Å². The molecule has 27 heavy (non-hydrogen) atoms. The van der Waals surface area contributed by atoms with E-state index in [2.05, 4.69) is 25.1 Å². The van der Waals surface area contributed by atoms with Gasteiger partial charge in [0.2, 0.25) is 5.91 Å². The largest absolute Gasteiger partial charge is 0.324 e. The molecule has 0 spiro atoms. The minimum absolute atomic E-state index is 0.0442. The minimum Gasteiger partial charge on any atom is -0.324 e. The lowest BCUT2D eigenvalue weighted by Crippen LogP contribution is -2.15. The standard InChI is InChI=1S/C19H19N5OS2/c1-26-16-5-3-2-4-15(16)21-17(25)12-27-19-23-22-18(24(19)14-6-7-14)13-8-10-20-11-9-13/h2-5,8-11,14H,6-7,12H2,1H3,(H,21,25). The zero-order chi connectivity index (χ0) is 18.6. The Hall–Kier alpha value is -2.32. The van der Waals surface area contributed by atoms with Gasteiger partial charge in [-0.1, -0.05) is 23.9 Å². The molecule has 0 atom stereocenters. The van der Waals surface area contributed by atoms with Gasteiger partial charge in [-0.2, -0.15) is 0 Å². The van der Waals surface area contributed by atoms with Crippen LogP contribution in [0.3, 0.4) is 0 Å². The van der Waals surface area contributed by atoms with Gasteiger partial charge in [0.05, 0.1) is 11.4 Å². The summed E-state index contributed by atoms with van der Waals surface area (Å²) in [6.07, 6.45) is 7.75. The molecule has 1 aromatic carbocycles. The second-order valence-corrected chi connectivity index (χ2v) is 7.97. The topological polar surface area (TPSA) is 72.7 Å². The molecule has 0 radical (unpaired) electrons. The van der Waals surface area contributed by atoms with Crippen molar-refractivity contribution in [2.75, 3.05) is 17.3 Å². The maximum absolute atomic E-state index is 12.4. The fourth-order valence-corrected chi connectivity index (χ4v) is 4.16. The van der Waals surface area contributed by atoms with Crippen LogP contribution in [0.25, 0.3) is 11.4 Å². The van der Waals surface area contributed by atoms with E-state index in [0.717, 1.165) is 40.0 Å². The fraction of sp³-hybridized carbons (Fsp3) is 0.263. The summed E-state index contributed by atoms with van der Waals surface area (Å²) >= 11 is 3.04. The predicted octanol–water partition coefficient (Wildman–Crippen LogP) is 4.13. The maximum Gasteiger partial charge on any atom is 0.234 e. The highest BCUT2D eigenvalue weighted by Gasteiger charge is 2.30. The van der Waals surface area contributed by atoms with Crippen LogP contribution in [0.4, 0.5) is 5.69 Å². The molecular weight excluding hydrogens is 378 g/mol. The predicted molar refractivity (Wildman–Crippen MR) is 109 cm³/mol. The summed E-state index contributed by atoms with van der Waals surface area (Å²) < 4.78 is 2.16. The molecule has 0 unspecified atom stereocenters. The normalized spacial score (nSPS) is 13.5. The molecule has 1 N–H and O–H groups in total. The second-order valence-electron chi connectivity index (χ2n) is 6.18. The zero-order valence-electron chi connectivity index (χ0n) is 14.8. The molecule has 0 bridgehead atoms. The monoisotopic (exact) mass is 397 g/mol. The number of aromatic nitrogens is 4. The highest BCUT2D eigenvalue weighted by atomic mass is 32.2. The summed E-state index contributed by atoms with van der Waals surface area (Å²) in [4.78, 5) is 17.5. The number of amides is 1. The van der Waals surface area contributed by atoms with Gasteiger partial charge < -0.3 is 5.32 Å². The molecule has 0 aliphatic heterocycles. The average Bonchev–Trinajstić information content (AvgIpc) is 3.46. The van der Waals surface area contributed by atoms with Gasteiger partial charge in [0.25, 0.3) is 0 Å². The van der Waals surface area contributed by atoms with E-state index in [0.29, 0.717) is 11.8 Å². The lowest BCUT2D eigenvalue weighted by atomic mass is 10.2. The van der Waals surface area contributed by atoms with Gasteiger partial charge in [0.15, 0.2) is 11.0 Å². The third-order valence-corrected chi connectivity index (χ3v) is 5.97. The molecule has 3 aromatic rings. The van der Waals surface area contributed by atoms with Crippen LogP contribution < -0.4 is 5.32 Å². The molecule has 1 aliphatic carbocycles. The lowest BCUT2D eigenvalue weighted by molar-refractivity contribution is -0.113. The van der Waals surface area contributed by atoms with E-state index in [1.165, 1.54) is 11.8 Å². The first-order valence-electron chi connectivity index (χ1n) is 8.67. The van der Waals surface area contributed by atoms with Gasteiger partial charge in [-0.05, 0) is 43.4 Å². The number of rotatable bonds is 7. The SMILES string of the molecule is CSc1ccccc1NC(=O)CSc1nnc(-c2ccncc2)n1C1CC1. The van der Waals surface area contributed by atoms with Gasteiger partial charge in [0.1, 0.15) is 0 Å². The summed E-state index contributed by atoms with van der Waals surface area (Å²) in [5.74, 6) is 1.09. The first-order valence-corrected chi connectivity index (χ1v) is 10.9. The Morgan fingerprint density at radius 3 is 2.70 bits per heavy atom. The van der Waals surface area contributed by atoms with Crippen LogP contribution in [0, 0.1) is 0 Å². The van der Waals surface area contributed by atoms with E-state index in [1.54, 1.807) is 24.2 Å². The number of pyridine rings is 1. The van der Waals surface area contributed by atoms with E-state index in [-0.39, 0.29) is 5.91 Å². The van der Waals surface area contributed by atoms with E-state index in [4.69, 9.17) is 0 Å². The molecule has 1 saturated carbocycles. The van der Waals surface area contributed by atoms with Gasteiger partial charge in [-0.3, -0.25) is 14.3 Å².